The van der Waals surface area contributed by atoms with Crippen molar-refractivity contribution in [3.63, 3.8) is 0 Å². The highest BCUT2D eigenvalue weighted by atomic mass is 15.1. The van der Waals surface area contributed by atoms with E-state index in [-0.39, 0.29) is 0 Å². The minimum absolute atomic E-state index is 0.566. The van der Waals surface area contributed by atoms with Gasteiger partial charge >= 0.3 is 0 Å². The Hall–Kier alpha value is -0.460. The fourth-order valence-corrected chi connectivity index (χ4v) is 0.915. The standard InChI is InChI=1S/C10H21N/c1-7-9(4)10(5)11(6)8(2)3/h8-9H,5,7H2,1-4,6H3/t9-/m0/s1. The molecule has 0 aromatic heterocycles. The smallest absolute Gasteiger partial charge is 0.0227 e. The monoisotopic (exact) mass is 155 g/mol. The second-order valence-electron chi connectivity index (χ2n) is 3.51. The van der Waals surface area contributed by atoms with Gasteiger partial charge in [-0.3, -0.25) is 0 Å². The quantitative estimate of drug-likeness (QED) is 0.603. The largest absolute Gasteiger partial charge is 0.376 e. The van der Waals surface area contributed by atoms with Crippen LogP contribution in [0.1, 0.15) is 34.1 Å². The maximum absolute atomic E-state index is 4.07. The van der Waals surface area contributed by atoms with Crippen molar-refractivity contribution >= 4 is 0 Å². The van der Waals surface area contributed by atoms with Crippen molar-refractivity contribution in [2.75, 3.05) is 7.05 Å². The molecule has 0 rings (SSSR count). The Morgan fingerprint density at radius 2 is 1.82 bits per heavy atom. The Kier molecular flexibility index (Phi) is 4.24. The van der Waals surface area contributed by atoms with E-state index >= 15 is 0 Å². The molecule has 0 bridgehead atoms. The van der Waals surface area contributed by atoms with E-state index in [0.717, 1.165) is 0 Å². The van der Waals surface area contributed by atoms with E-state index in [0.29, 0.717) is 12.0 Å². The van der Waals surface area contributed by atoms with Gasteiger partial charge in [0.2, 0.25) is 0 Å². The zero-order chi connectivity index (χ0) is 9.02. The lowest BCUT2D eigenvalue weighted by Gasteiger charge is -2.29. The van der Waals surface area contributed by atoms with E-state index in [1.165, 1.54) is 12.1 Å². The van der Waals surface area contributed by atoms with Crippen LogP contribution in [0.2, 0.25) is 0 Å². The number of allylic oxidation sites excluding steroid dienone is 1. The third-order valence-corrected chi connectivity index (χ3v) is 2.41. The Morgan fingerprint density at radius 1 is 1.36 bits per heavy atom. The van der Waals surface area contributed by atoms with Crippen LogP contribution in [0.15, 0.2) is 12.3 Å². The van der Waals surface area contributed by atoms with Crippen LogP contribution in [0.5, 0.6) is 0 Å². The summed E-state index contributed by atoms with van der Waals surface area (Å²) in [6.45, 7) is 12.9. The average Bonchev–Trinajstić information content (AvgIpc) is 2.00. The molecule has 0 unspecified atom stereocenters. The topological polar surface area (TPSA) is 3.24 Å². The first kappa shape index (κ1) is 10.5. The van der Waals surface area contributed by atoms with E-state index in [2.05, 4.69) is 46.2 Å². The number of rotatable bonds is 4. The Balaban J connectivity index is 4.02. The number of hydrogen-bond acceptors (Lipinski definition) is 1. The lowest BCUT2D eigenvalue weighted by Crippen LogP contribution is -2.27. The second-order valence-corrected chi connectivity index (χ2v) is 3.51. The van der Waals surface area contributed by atoms with Crippen LogP contribution in [-0.2, 0) is 0 Å². The Morgan fingerprint density at radius 3 is 2.09 bits per heavy atom. The number of nitrogens with zero attached hydrogens (tertiary/aromatic N) is 1. The molecular weight excluding hydrogens is 134 g/mol. The third kappa shape index (κ3) is 2.96. The minimum Gasteiger partial charge on any atom is -0.376 e. The SMILES string of the molecule is C=C([C@@H](C)CC)N(C)C(C)C. The van der Waals surface area contributed by atoms with Crippen LogP contribution >= 0.6 is 0 Å². The normalized spacial score (nSPS) is 13.3. The molecule has 1 heteroatoms. The molecule has 0 spiro atoms. The molecule has 0 aromatic rings. The first-order valence-corrected chi connectivity index (χ1v) is 4.42. The van der Waals surface area contributed by atoms with Crippen molar-refractivity contribution in [1.29, 1.82) is 0 Å². The first-order chi connectivity index (χ1) is 5.00. The summed E-state index contributed by atoms with van der Waals surface area (Å²) in [7, 11) is 2.11. The van der Waals surface area contributed by atoms with Crippen LogP contribution in [0.25, 0.3) is 0 Å². The summed E-state index contributed by atoms with van der Waals surface area (Å²) in [5, 5.41) is 0. The summed E-state index contributed by atoms with van der Waals surface area (Å²) in [4.78, 5) is 2.24. The van der Waals surface area contributed by atoms with Crippen LogP contribution in [0, 0.1) is 5.92 Å². The lowest BCUT2D eigenvalue weighted by atomic mass is 10.0. The van der Waals surface area contributed by atoms with E-state index in [4.69, 9.17) is 0 Å². The van der Waals surface area contributed by atoms with Crippen LogP contribution < -0.4 is 0 Å². The summed E-state index contributed by atoms with van der Waals surface area (Å²) < 4.78 is 0. The predicted molar refractivity (Wildman–Crippen MR) is 51.5 cm³/mol. The van der Waals surface area contributed by atoms with Crippen molar-refractivity contribution in [1.82, 2.24) is 4.90 Å². The summed E-state index contributed by atoms with van der Waals surface area (Å²) in [6, 6.07) is 0.566. The zero-order valence-electron chi connectivity index (χ0n) is 8.52. The third-order valence-electron chi connectivity index (χ3n) is 2.41. The van der Waals surface area contributed by atoms with Crippen molar-refractivity contribution in [2.24, 2.45) is 5.92 Å². The van der Waals surface area contributed by atoms with Crippen molar-refractivity contribution in [2.45, 2.75) is 40.2 Å². The van der Waals surface area contributed by atoms with Crippen LogP contribution in [0.3, 0.4) is 0 Å². The molecule has 1 nitrogen and oxygen atoms in total. The van der Waals surface area contributed by atoms with Crippen molar-refractivity contribution in [3.05, 3.63) is 12.3 Å². The molecule has 0 N–H and O–H groups in total. The Labute approximate surface area is 71.1 Å². The van der Waals surface area contributed by atoms with Gasteiger partial charge in [-0.2, -0.15) is 0 Å². The fraction of sp³-hybridized carbons (Fsp3) is 0.800. The molecule has 1 atom stereocenters. The molecule has 0 aromatic carbocycles. The van der Waals surface area contributed by atoms with Gasteiger partial charge in [-0.15, -0.1) is 0 Å². The highest BCUT2D eigenvalue weighted by Gasteiger charge is 2.10. The van der Waals surface area contributed by atoms with E-state index in [1.54, 1.807) is 0 Å². The molecule has 0 aliphatic rings. The van der Waals surface area contributed by atoms with Gasteiger partial charge in [-0.1, -0.05) is 20.4 Å². The van der Waals surface area contributed by atoms with E-state index in [9.17, 15) is 0 Å². The Bertz CT molecular complexity index is 127. The predicted octanol–water partition coefficient (Wildman–Crippen LogP) is 2.89. The second kappa shape index (κ2) is 4.42. The van der Waals surface area contributed by atoms with Gasteiger partial charge in [-0.05, 0) is 26.2 Å². The maximum atomic E-state index is 4.07. The van der Waals surface area contributed by atoms with Crippen LogP contribution in [-0.4, -0.2) is 18.0 Å². The molecule has 0 amide bonds. The van der Waals surface area contributed by atoms with E-state index < -0.39 is 0 Å². The van der Waals surface area contributed by atoms with E-state index in [1.807, 2.05) is 0 Å². The van der Waals surface area contributed by atoms with Gasteiger partial charge in [-0.25, -0.2) is 0 Å². The summed E-state index contributed by atoms with van der Waals surface area (Å²) in [5.74, 6) is 0.613. The van der Waals surface area contributed by atoms with Gasteiger partial charge in [0.25, 0.3) is 0 Å². The van der Waals surface area contributed by atoms with Gasteiger partial charge in [0.05, 0.1) is 0 Å². The van der Waals surface area contributed by atoms with Crippen molar-refractivity contribution in [3.8, 4) is 0 Å². The molecule has 0 aliphatic carbocycles. The van der Waals surface area contributed by atoms with Gasteiger partial charge in [0.1, 0.15) is 0 Å². The highest BCUT2D eigenvalue weighted by molar-refractivity contribution is 4.97. The highest BCUT2D eigenvalue weighted by Crippen LogP contribution is 2.16. The van der Waals surface area contributed by atoms with Gasteiger partial charge in [0.15, 0.2) is 0 Å². The zero-order valence-corrected chi connectivity index (χ0v) is 8.52. The summed E-state index contributed by atoms with van der Waals surface area (Å²) in [5.41, 5.74) is 1.25. The number of hydrogen-bond donors (Lipinski definition) is 0. The maximum Gasteiger partial charge on any atom is 0.0227 e. The molecular formula is C10H21N. The average molecular weight is 155 g/mol. The molecule has 0 heterocycles. The van der Waals surface area contributed by atoms with Gasteiger partial charge < -0.3 is 4.90 Å². The fourth-order valence-electron chi connectivity index (χ4n) is 0.915. The van der Waals surface area contributed by atoms with Crippen molar-refractivity contribution < 1.29 is 0 Å². The molecule has 0 saturated heterocycles. The molecule has 11 heavy (non-hydrogen) atoms. The van der Waals surface area contributed by atoms with Gasteiger partial charge in [0, 0.05) is 18.8 Å². The molecule has 0 radical (unpaired) electrons. The molecule has 66 valence electrons. The van der Waals surface area contributed by atoms with Crippen LogP contribution in [0.4, 0.5) is 0 Å². The molecule has 0 fully saturated rings. The minimum atomic E-state index is 0.566. The first-order valence-electron chi connectivity index (χ1n) is 4.42. The summed E-state index contributed by atoms with van der Waals surface area (Å²) in [6.07, 6.45) is 1.18. The lowest BCUT2D eigenvalue weighted by molar-refractivity contribution is 0.306. The summed E-state index contributed by atoms with van der Waals surface area (Å²) >= 11 is 0. The molecule has 0 saturated carbocycles. The molecule has 0 aliphatic heterocycles.